The molecule has 0 aliphatic heterocycles. The number of carbonyl (C=O) groups is 2. The van der Waals surface area contributed by atoms with Crippen LogP contribution in [0.2, 0.25) is 0 Å². The van der Waals surface area contributed by atoms with Gasteiger partial charge in [-0.15, -0.1) is 0 Å². The van der Waals surface area contributed by atoms with Crippen molar-refractivity contribution in [1.29, 1.82) is 0 Å². The summed E-state index contributed by atoms with van der Waals surface area (Å²) in [7, 11) is 0. The molecule has 5 nitrogen and oxygen atoms in total. The molecule has 1 aromatic carbocycles. The van der Waals surface area contributed by atoms with Crippen LogP contribution in [-0.4, -0.2) is 37.4 Å². The Labute approximate surface area is 170 Å². The first-order valence-electron chi connectivity index (χ1n) is 10.4. The monoisotopic (exact) mass is 394 g/mol. The van der Waals surface area contributed by atoms with Crippen LogP contribution in [0.3, 0.4) is 0 Å². The molecule has 0 heterocycles. The molecule has 0 amide bonds. The summed E-state index contributed by atoms with van der Waals surface area (Å²) < 4.78 is 15.7. The van der Waals surface area contributed by atoms with E-state index in [0.29, 0.717) is 13.2 Å². The van der Waals surface area contributed by atoms with Gasteiger partial charge in [0.05, 0.1) is 29.9 Å². The molecule has 28 heavy (non-hydrogen) atoms. The van der Waals surface area contributed by atoms with Gasteiger partial charge in [-0.1, -0.05) is 45.7 Å². The summed E-state index contributed by atoms with van der Waals surface area (Å²) >= 11 is 0. The second kappa shape index (κ2) is 15.1. The molecule has 0 fully saturated rings. The third-order valence-corrected chi connectivity index (χ3v) is 4.22. The number of rotatable bonds is 11. The fourth-order valence-corrected chi connectivity index (χ4v) is 2.11. The molecule has 0 aromatic heterocycles. The van der Waals surface area contributed by atoms with Crippen LogP contribution in [0, 0.1) is 0 Å². The fraction of sp³-hybridized carbons (Fsp3) is 0.652. The predicted molar refractivity (Wildman–Crippen MR) is 113 cm³/mol. The van der Waals surface area contributed by atoms with E-state index in [2.05, 4.69) is 20.8 Å². The molecule has 5 heteroatoms. The lowest BCUT2D eigenvalue weighted by Gasteiger charge is -2.21. The van der Waals surface area contributed by atoms with Crippen molar-refractivity contribution >= 4 is 11.9 Å². The zero-order chi connectivity index (χ0) is 21.4. The zero-order valence-electron chi connectivity index (χ0n) is 18.5. The Kier molecular flexibility index (Phi) is 14.1. The van der Waals surface area contributed by atoms with Gasteiger partial charge in [0.25, 0.3) is 0 Å². The Balaban J connectivity index is 0.000000769. The molecule has 1 aromatic rings. The van der Waals surface area contributed by atoms with Crippen LogP contribution in [0.25, 0.3) is 0 Å². The summed E-state index contributed by atoms with van der Waals surface area (Å²) in [5.74, 6) is -0.942. The van der Waals surface area contributed by atoms with Crippen molar-refractivity contribution in [1.82, 2.24) is 0 Å². The van der Waals surface area contributed by atoms with Gasteiger partial charge in [0.1, 0.15) is 0 Å². The molecule has 0 saturated heterocycles. The Hall–Kier alpha value is -1.88. The maximum atomic E-state index is 11.9. The van der Waals surface area contributed by atoms with Gasteiger partial charge in [-0.2, -0.15) is 0 Å². The standard InChI is InChI=1S/C16H22O4.C7H16O/c1-3-5-11-19-15(17)13-9-7-8-10-14(13)16(18)20-12-6-4-2;1-5-7(3,4)8-6-2/h7-10H,3-6,11-12H2,1-2H3;5-6H2,1-4H3. The van der Waals surface area contributed by atoms with E-state index in [1.54, 1.807) is 24.3 Å². The van der Waals surface area contributed by atoms with Crippen LogP contribution < -0.4 is 0 Å². The van der Waals surface area contributed by atoms with E-state index in [9.17, 15) is 9.59 Å². The smallest absolute Gasteiger partial charge is 0.339 e. The first-order chi connectivity index (χ1) is 13.3. The molecular formula is C23H38O5. The van der Waals surface area contributed by atoms with Crippen molar-refractivity contribution in [2.24, 2.45) is 0 Å². The molecule has 0 atom stereocenters. The van der Waals surface area contributed by atoms with Crippen molar-refractivity contribution in [2.75, 3.05) is 19.8 Å². The van der Waals surface area contributed by atoms with Gasteiger partial charge in [-0.25, -0.2) is 9.59 Å². The summed E-state index contributed by atoms with van der Waals surface area (Å²) in [4.78, 5) is 23.9. The number of carbonyl (C=O) groups excluding carboxylic acids is 2. The number of hydrogen-bond acceptors (Lipinski definition) is 5. The van der Waals surface area contributed by atoms with Gasteiger partial charge in [-0.05, 0) is 52.2 Å². The second-order valence-corrected chi connectivity index (χ2v) is 7.07. The van der Waals surface area contributed by atoms with Crippen molar-refractivity contribution in [3.05, 3.63) is 35.4 Å². The van der Waals surface area contributed by atoms with Crippen LogP contribution >= 0.6 is 0 Å². The normalized spacial score (nSPS) is 10.6. The minimum Gasteiger partial charge on any atom is -0.462 e. The highest BCUT2D eigenvalue weighted by molar-refractivity contribution is 6.03. The third-order valence-electron chi connectivity index (χ3n) is 4.22. The highest BCUT2D eigenvalue weighted by Gasteiger charge is 2.18. The molecule has 0 saturated carbocycles. The van der Waals surface area contributed by atoms with E-state index < -0.39 is 11.9 Å². The minimum atomic E-state index is -0.471. The fourth-order valence-electron chi connectivity index (χ4n) is 2.11. The van der Waals surface area contributed by atoms with Crippen LogP contribution in [-0.2, 0) is 14.2 Å². The Morgan fingerprint density at radius 1 is 0.821 bits per heavy atom. The highest BCUT2D eigenvalue weighted by Crippen LogP contribution is 2.13. The molecule has 1 rings (SSSR count). The first-order valence-corrected chi connectivity index (χ1v) is 10.4. The average molecular weight is 395 g/mol. The first kappa shape index (κ1) is 26.1. The summed E-state index contributed by atoms with van der Waals surface area (Å²) in [6, 6.07) is 6.59. The van der Waals surface area contributed by atoms with Gasteiger partial charge in [0.15, 0.2) is 0 Å². The Morgan fingerprint density at radius 2 is 1.25 bits per heavy atom. The van der Waals surface area contributed by atoms with Gasteiger partial charge >= 0.3 is 11.9 Å². The molecule has 0 spiro atoms. The lowest BCUT2D eigenvalue weighted by molar-refractivity contribution is -0.0125. The van der Waals surface area contributed by atoms with Crippen LogP contribution in [0.15, 0.2) is 24.3 Å². The molecular weight excluding hydrogens is 356 g/mol. The Bertz CT molecular complexity index is 525. The molecule has 0 bridgehead atoms. The van der Waals surface area contributed by atoms with E-state index in [0.717, 1.165) is 38.7 Å². The zero-order valence-corrected chi connectivity index (χ0v) is 18.5. The van der Waals surface area contributed by atoms with Crippen molar-refractivity contribution in [3.63, 3.8) is 0 Å². The lowest BCUT2D eigenvalue weighted by Crippen LogP contribution is -2.22. The minimum absolute atomic E-state index is 0.0920. The summed E-state index contributed by atoms with van der Waals surface area (Å²) in [5.41, 5.74) is 0.629. The molecule has 160 valence electrons. The van der Waals surface area contributed by atoms with Crippen LogP contribution in [0.4, 0.5) is 0 Å². The molecule has 0 N–H and O–H groups in total. The predicted octanol–water partition coefficient (Wildman–Crippen LogP) is 5.81. The number of esters is 2. The van der Waals surface area contributed by atoms with Crippen LogP contribution in [0.1, 0.15) is 94.4 Å². The summed E-state index contributed by atoms with van der Waals surface area (Å²) in [6.45, 7) is 14.0. The summed E-state index contributed by atoms with van der Waals surface area (Å²) in [5, 5.41) is 0. The van der Waals surface area contributed by atoms with Gasteiger partial charge in [0.2, 0.25) is 0 Å². The van der Waals surface area contributed by atoms with E-state index in [-0.39, 0.29) is 16.7 Å². The van der Waals surface area contributed by atoms with Crippen molar-refractivity contribution < 1.29 is 23.8 Å². The number of ether oxygens (including phenoxy) is 3. The van der Waals surface area contributed by atoms with Gasteiger partial charge < -0.3 is 14.2 Å². The average Bonchev–Trinajstić information content (AvgIpc) is 2.68. The molecule has 0 radical (unpaired) electrons. The SMILES string of the molecule is CCCCOC(=O)c1ccccc1C(=O)OCCCC.CCOC(C)(C)CC. The van der Waals surface area contributed by atoms with Crippen molar-refractivity contribution in [2.45, 2.75) is 79.2 Å². The maximum absolute atomic E-state index is 11.9. The highest BCUT2D eigenvalue weighted by atomic mass is 16.5. The molecule has 0 aliphatic rings. The van der Waals surface area contributed by atoms with E-state index in [1.165, 1.54) is 0 Å². The van der Waals surface area contributed by atoms with Crippen molar-refractivity contribution in [3.8, 4) is 0 Å². The second-order valence-electron chi connectivity index (χ2n) is 7.07. The largest absolute Gasteiger partial charge is 0.462 e. The number of unbranched alkanes of at least 4 members (excludes halogenated alkanes) is 2. The lowest BCUT2D eigenvalue weighted by atomic mass is 10.1. The Morgan fingerprint density at radius 3 is 1.54 bits per heavy atom. The molecule has 0 unspecified atom stereocenters. The molecule has 0 aliphatic carbocycles. The van der Waals surface area contributed by atoms with E-state index in [4.69, 9.17) is 14.2 Å². The van der Waals surface area contributed by atoms with Crippen LogP contribution in [0.5, 0.6) is 0 Å². The quantitative estimate of drug-likeness (QED) is 0.350. The third kappa shape index (κ3) is 11.1. The maximum Gasteiger partial charge on any atom is 0.339 e. The number of benzene rings is 1. The van der Waals surface area contributed by atoms with Gasteiger partial charge in [0, 0.05) is 6.61 Å². The van der Waals surface area contributed by atoms with E-state index >= 15 is 0 Å². The number of hydrogen-bond donors (Lipinski definition) is 0. The van der Waals surface area contributed by atoms with Gasteiger partial charge in [-0.3, -0.25) is 0 Å². The summed E-state index contributed by atoms with van der Waals surface area (Å²) in [6.07, 6.45) is 4.62. The topological polar surface area (TPSA) is 61.8 Å². The van der Waals surface area contributed by atoms with E-state index in [1.807, 2.05) is 20.8 Å².